The number of aliphatic hydroxyl groups excluding tert-OH is 3. The number of aromatic nitrogens is 20. The summed E-state index contributed by atoms with van der Waals surface area (Å²) >= 11 is 17.7. The average Bonchev–Trinajstić information content (AvgIpc) is 1.61. The molecule has 5 aliphatic rings. The van der Waals surface area contributed by atoms with Crippen LogP contribution in [0.2, 0.25) is 0 Å². The Morgan fingerprint density at radius 3 is 1.11 bits per heavy atom. The molecule has 3 saturated heterocycles. The number of anilines is 10. The quantitative estimate of drug-likeness (QED) is 0.0227. The van der Waals surface area contributed by atoms with E-state index in [1.165, 1.54) is 6.42 Å². The van der Waals surface area contributed by atoms with Gasteiger partial charge in [0.15, 0.2) is 28.2 Å². The van der Waals surface area contributed by atoms with E-state index in [0.29, 0.717) is 50.8 Å². The molecule has 0 amide bonds. The Labute approximate surface area is 806 Å². The maximum Gasteiger partial charge on any atom is 0.173 e. The number of aliphatic hydroxyl groups is 4. The Morgan fingerprint density at radius 2 is 0.750 bits per heavy atom. The largest absolute Gasteiger partial charge is 0.396 e. The maximum atomic E-state index is 10.6. The van der Waals surface area contributed by atoms with Crippen molar-refractivity contribution in [3.63, 3.8) is 0 Å². The molecule has 0 bridgehead atoms. The number of pyridine rings is 5. The normalized spacial score (nSPS) is 17.8. The van der Waals surface area contributed by atoms with Gasteiger partial charge in [-0.25, -0.2) is 24.9 Å². The van der Waals surface area contributed by atoms with Crippen LogP contribution in [0.15, 0.2) is 206 Å². The zero-order valence-electron chi connectivity index (χ0n) is 73.5. The molecule has 15 aromatic heterocycles. The zero-order chi connectivity index (χ0) is 91.5. The van der Waals surface area contributed by atoms with Crippen molar-refractivity contribution in [3.8, 4) is 0 Å². The van der Waals surface area contributed by atoms with Crippen LogP contribution in [-0.4, -0.2) is 199 Å². The van der Waals surface area contributed by atoms with Crippen LogP contribution < -0.4 is 57.7 Å². The van der Waals surface area contributed by atoms with Crippen molar-refractivity contribution in [1.82, 2.24) is 97.9 Å². The van der Waals surface area contributed by atoms with Gasteiger partial charge in [-0.15, -0.1) is 0 Å². The van der Waals surface area contributed by atoms with E-state index in [0.717, 1.165) is 259 Å². The van der Waals surface area contributed by atoms with Crippen molar-refractivity contribution in [3.05, 3.63) is 234 Å². The number of nitrogens with two attached hydrogens (primary N) is 1. The molecule has 0 spiro atoms. The first-order valence-corrected chi connectivity index (χ1v) is 48.8. The van der Waals surface area contributed by atoms with E-state index in [-0.39, 0.29) is 37.4 Å². The van der Waals surface area contributed by atoms with Gasteiger partial charge in [0, 0.05) is 169 Å². The molecule has 5 fully saturated rings. The summed E-state index contributed by atoms with van der Waals surface area (Å²) in [6.07, 6.45) is 44.7. The molecule has 3 atom stereocenters. The Morgan fingerprint density at radius 1 is 0.402 bits per heavy atom. The van der Waals surface area contributed by atoms with Crippen molar-refractivity contribution in [2.75, 3.05) is 91.4 Å². The molecule has 35 nitrogen and oxygen atoms in total. The fraction of sp³-hybridized carbons (Fsp3) is 0.402. The number of halogens is 5. The van der Waals surface area contributed by atoms with Gasteiger partial charge in [0.2, 0.25) is 0 Å². The summed E-state index contributed by atoms with van der Waals surface area (Å²) in [4.78, 5) is 51.4. The van der Waals surface area contributed by atoms with E-state index in [2.05, 4.69) is 193 Å². The van der Waals surface area contributed by atoms with Crippen LogP contribution in [0, 0.1) is 0 Å². The lowest BCUT2D eigenvalue weighted by atomic mass is 9.92. The molecule has 18 heterocycles. The van der Waals surface area contributed by atoms with Crippen molar-refractivity contribution in [1.29, 1.82) is 0 Å². The molecule has 0 radical (unpaired) electrons. The van der Waals surface area contributed by atoms with Gasteiger partial charge < -0.3 is 78.1 Å². The molecular formula is C92H110Br5N31O4. The summed E-state index contributed by atoms with van der Waals surface area (Å²) in [5, 5.41) is 86.0. The molecular weight excluding hydrogens is 2000 g/mol. The molecule has 13 N–H and O–H groups in total. The van der Waals surface area contributed by atoms with Gasteiger partial charge in [-0.3, -0.25) is 24.9 Å². The molecule has 20 rings (SSSR count). The first-order valence-electron chi connectivity index (χ1n) is 44.8. The monoisotopic (exact) mass is 2110 g/mol. The topological polar surface area (TPSA) is 416 Å². The fourth-order valence-electron chi connectivity index (χ4n) is 17.5. The second-order valence-corrected chi connectivity index (χ2v) is 38.4. The van der Waals surface area contributed by atoms with Crippen LogP contribution in [-0.2, 0) is 32.7 Å². The van der Waals surface area contributed by atoms with Crippen LogP contribution >= 0.6 is 79.6 Å². The minimum atomic E-state index is -0.787. The summed E-state index contributed by atoms with van der Waals surface area (Å²) in [5.74, 6) is 8.56. The second-order valence-electron chi connectivity index (χ2n) is 34.2. The van der Waals surface area contributed by atoms with E-state index < -0.39 is 5.60 Å². The van der Waals surface area contributed by atoms with E-state index >= 15 is 0 Å². The Bertz CT molecular complexity index is 6220. The van der Waals surface area contributed by atoms with Crippen molar-refractivity contribution >= 4 is 166 Å². The average molecular weight is 2110 g/mol. The Balaban J connectivity index is 0.000000120. The first-order chi connectivity index (χ1) is 64.3. The number of rotatable bonds is 27. The van der Waals surface area contributed by atoms with Crippen molar-refractivity contribution in [2.24, 2.45) is 5.73 Å². The van der Waals surface area contributed by atoms with Gasteiger partial charge in [-0.2, -0.15) is 48.1 Å². The molecule has 2 unspecified atom stereocenters. The third kappa shape index (κ3) is 23.6. The maximum absolute atomic E-state index is 10.6. The fourth-order valence-corrected chi connectivity index (χ4v) is 19.2. The molecule has 40 heteroatoms. The number of hydrogen-bond acceptors (Lipinski definition) is 30. The number of fused-ring (bicyclic) bond motifs is 5. The minimum absolute atomic E-state index is 0.0420. The lowest BCUT2D eigenvalue weighted by Crippen LogP contribution is -2.46. The van der Waals surface area contributed by atoms with Gasteiger partial charge >= 0.3 is 0 Å². The summed E-state index contributed by atoms with van der Waals surface area (Å²) in [7, 11) is 0. The standard InChI is InChI=1S/2C19H23BrN6O.C18H22BrN7.2C18H21BrN6O/c1-19(2,27)15-6-4-8-25(15)17-9-16(22-11-13-5-3-7-21-10-13)26-18(24-17)14(20)12-23-26;20-16-13-23-26-17(22-12-14-4-3-7-21-11-14)10-18(24-19(16)26)25-8-2-1-5-15(25)6-9-27;19-15-11-23-26-17(22-10-12-2-1-7-21-9-12)8-16(25-18(15)26)24-14-5-3-13(20)4-6-14;19-15-11-22-25-16(21-10-13-4-3-6-20-9-13)8-17(23-18(15)25)24-7-2-1-5-14(24)12-26;19-14-11-22-25-16(21-10-13-4-3-7-20-9-13)8-15(23-17(14)25)24-18(12-26)5-1-2-6-18/h3,5,7,9-10,12,15,22,27H,4,6,8,11H2,1-2H3;3-4,7,10-11,13,15,22,27H,1-2,5-6,8-9,12H2;1-2,7-9,11,13-14,22H,3-6,10,20H2,(H,24,25);3-4,6,8-9,11,14,21,26H,1-2,5,7,10,12H2;3-4,7-9,11,21,26H,1-2,5-6,10,12H2,(H,23,24)/t15-;;;;/m0..../s1. The van der Waals surface area contributed by atoms with Gasteiger partial charge in [0.1, 0.15) is 58.2 Å². The van der Waals surface area contributed by atoms with Gasteiger partial charge in [-0.05, 0) is 248 Å². The Hall–Kier alpha value is -11.0. The predicted octanol–water partition coefficient (Wildman–Crippen LogP) is 15.7. The van der Waals surface area contributed by atoms with E-state index in [9.17, 15) is 20.4 Å². The summed E-state index contributed by atoms with van der Waals surface area (Å²) < 4.78 is 13.2. The number of nitrogens with one attached hydrogen (secondary N) is 7. The molecule has 2 aliphatic carbocycles. The molecule has 2 saturated carbocycles. The molecule has 132 heavy (non-hydrogen) atoms. The van der Waals surface area contributed by atoms with Crippen molar-refractivity contribution < 1.29 is 20.4 Å². The number of nitrogens with zero attached hydrogens (tertiary/aromatic N) is 23. The van der Waals surface area contributed by atoms with Crippen LogP contribution in [0.3, 0.4) is 0 Å². The second kappa shape index (κ2) is 44.7. The highest BCUT2D eigenvalue weighted by molar-refractivity contribution is 9.11. The van der Waals surface area contributed by atoms with Gasteiger partial charge in [-0.1, -0.05) is 43.2 Å². The molecule has 0 aromatic carbocycles. The van der Waals surface area contributed by atoms with Crippen molar-refractivity contribution in [2.45, 2.75) is 197 Å². The lowest BCUT2D eigenvalue weighted by molar-refractivity contribution is 0.0533. The predicted molar refractivity (Wildman–Crippen MR) is 532 cm³/mol. The summed E-state index contributed by atoms with van der Waals surface area (Å²) in [6, 6.07) is 31.1. The van der Waals surface area contributed by atoms with E-state index in [4.69, 9.17) is 25.7 Å². The third-order valence-electron chi connectivity index (χ3n) is 24.3. The highest BCUT2D eigenvalue weighted by Gasteiger charge is 2.38. The van der Waals surface area contributed by atoms with Gasteiger partial charge in [0.05, 0.1) is 89.8 Å². The smallest absolute Gasteiger partial charge is 0.173 e. The van der Waals surface area contributed by atoms with Gasteiger partial charge in [0.25, 0.3) is 0 Å². The highest BCUT2D eigenvalue weighted by Crippen LogP contribution is 2.38. The first kappa shape index (κ1) is 94.3. The lowest BCUT2D eigenvalue weighted by Gasteiger charge is -2.36. The highest BCUT2D eigenvalue weighted by atomic mass is 79.9. The van der Waals surface area contributed by atoms with Crippen LogP contribution in [0.1, 0.15) is 151 Å². The SMILES string of the molecule is CC(C)(O)[C@@H]1CCCN1c1cc(NCc2cccnc2)n2ncc(Br)c2n1.NC1CCC(Nc2cc(NCc3cccnc3)n3ncc(Br)c3n2)CC1.OCC1(Nc2cc(NCc3cccnc3)n3ncc(Br)c3n2)CCCC1.OCC1CCCCN1c1cc(NCc2cccnc2)n2ncc(Br)c2n1.OCCC1CCCCN1c1cc(NCc2cccnc2)n2ncc(Br)c2n1. The molecule has 692 valence electrons. The summed E-state index contributed by atoms with van der Waals surface area (Å²) in [6.45, 7) is 10.2. The zero-order valence-corrected chi connectivity index (χ0v) is 81.5. The van der Waals surface area contributed by atoms with Crippen LogP contribution in [0.4, 0.5) is 58.2 Å². The van der Waals surface area contributed by atoms with E-state index in [1.54, 1.807) is 75.5 Å². The minimum Gasteiger partial charge on any atom is -0.396 e. The third-order valence-corrected chi connectivity index (χ3v) is 27.1. The van der Waals surface area contributed by atoms with Crippen LogP contribution in [0.25, 0.3) is 28.2 Å². The Kier molecular flexibility index (Phi) is 31.9. The number of hydrogen-bond donors (Lipinski definition) is 12. The summed E-state index contributed by atoms with van der Waals surface area (Å²) in [5.41, 5.74) is 14.2. The molecule has 15 aromatic rings. The van der Waals surface area contributed by atoms with Crippen LogP contribution in [0.5, 0.6) is 0 Å². The molecule has 3 aliphatic heterocycles. The van der Waals surface area contributed by atoms with E-state index in [1.807, 2.05) is 139 Å². The number of piperidine rings is 2.